The van der Waals surface area contributed by atoms with Crippen molar-refractivity contribution in [3.63, 3.8) is 0 Å². The van der Waals surface area contributed by atoms with E-state index in [-0.39, 0.29) is 19.4 Å². The Balaban J connectivity index is 2.08. The van der Waals surface area contributed by atoms with E-state index in [1.165, 1.54) is 0 Å². The number of hydrogen-bond donors (Lipinski definition) is 1. The number of ether oxygens (including phenoxy) is 2. The van der Waals surface area contributed by atoms with Gasteiger partial charge < -0.3 is 14.6 Å². The fourth-order valence-corrected chi connectivity index (χ4v) is 2.36. The van der Waals surface area contributed by atoms with Crippen molar-refractivity contribution in [2.75, 3.05) is 6.61 Å². The van der Waals surface area contributed by atoms with Crippen molar-refractivity contribution >= 4 is 17.9 Å². The summed E-state index contributed by atoms with van der Waals surface area (Å²) < 4.78 is 10.3. The minimum atomic E-state index is -1.09. The van der Waals surface area contributed by atoms with Crippen LogP contribution in [0.3, 0.4) is 0 Å². The quantitative estimate of drug-likeness (QED) is 0.538. The predicted molar refractivity (Wildman–Crippen MR) is 98.7 cm³/mol. The lowest BCUT2D eigenvalue weighted by atomic mass is 10.0. The van der Waals surface area contributed by atoms with Crippen molar-refractivity contribution in [1.82, 2.24) is 0 Å². The summed E-state index contributed by atoms with van der Waals surface area (Å²) in [4.78, 5) is 33.7. The molecule has 0 aliphatic rings. The number of carboxylic acids is 1. The van der Waals surface area contributed by atoms with Crippen LogP contribution in [-0.2, 0) is 23.9 Å². The highest BCUT2D eigenvalue weighted by Crippen LogP contribution is 2.24. The Labute approximate surface area is 157 Å². The Bertz CT molecular complexity index is 795. The first-order valence-corrected chi connectivity index (χ1v) is 8.35. The second kappa shape index (κ2) is 9.91. The lowest BCUT2D eigenvalue weighted by Gasteiger charge is -2.18. The molecule has 0 bridgehead atoms. The van der Waals surface area contributed by atoms with Gasteiger partial charge in [-0.05, 0) is 16.7 Å². The van der Waals surface area contributed by atoms with Gasteiger partial charge in [0.25, 0.3) is 0 Å². The summed E-state index contributed by atoms with van der Waals surface area (Å²) in [7, 11) is 0. The van der Waals surface area contributed by atoms with Crippen molar-refractivity contribution in [3.8, 4) is 11.1 Å². The molecule has 0 aromatic heterocycles. The van der Waals surface area contributed by atoms with Gasteiger partial charge in [-0.3, -0.25) is 9.59 Å². The fraction of sp³-hybridized carbons (Fsp3) is 0.190. The average Bonchev–Trinajstić information content (AvgIpc) is 2.70. The molecule has 6 nitrogen and oxygen atoms in total. The van der Waals surface area contributed by atoms with Crippen LogP contribution in [0.5, 0.6) is 0 Å². The third-order valence-electron chi connectivity index (χ3n) is 3.75. The van der Waals surface area contributed by atoms with Crippen LogP contribution < -0.4 is 0 Å². The molecule has 2 rings (SSSR count). The van der Waals surface area contributed by atoms with Gasteiger partial charge in [-0.1, -0.05) is 61.2 Å². The molecule has 0 radical (unpaired) electrons. The molecule has 1 N–H and O–H groups in total. The summed E-state index contributed by atoms with van der Waals surface area (Å²) >= 11 is 0. The third-order valence-corrected chi connectivity index (χ3v) is 3.75. The standard InChI is InChI=1S/C21H20O6/c1-2-20(24)27-18(14-26-21(25)13-12-19(22)23)17-10-8-16(9-11-17)15-6-4-3-5-7-15/h2-11,18H,1,12-14H2,(H,22,23). The largest absolute Gasteiger partial charge is 0.481 e. The topological polar surface area (TPSA) is 89.9 Å². The van der Waals surface area contributed by atoms with E-state index in [1.54, 1.807) is 12.1 Å². The average molecular weight is 368 g/mol. The molecule has 0 saturated heterocycles. The number of hydrogen-bond acceptors (Lipinski definition) is 5. The van der Waals surface area contributed by atoms with Crippen LogP contribution in [0.15, 0.2) is 67.3 Å². The van der Waals surface area contributed by atoms with Crippen LogP contribution in [0.25, 0.3) is 11.1 Å². The first-order valence-electron chi connectivity index (χ1n) is 8.35. The minimum Gasteiger partial charge on any atom is -0.481 e. The second-order valence-corrected chi connectivity index (χ2v) is 5.69. The Kier molecular flexibility index (Phi) is 7.31. The number of rotatable bonds is 9. The Morgan fingerprint density at radius 3 is 2.19 bits per heavy atom. The summed E-state index contributed by atoms with van der Waals surface area (Å²) in [5.41, 5.74) is 2.69. The maximum absolute atomic E-state index is 11.6. The number of carbonyl (C=O) groups is 3. The van der Waals surface area contributed by atoms with E-state index in [1.807, 2.05) is 42.5 Å². The number of carboxylic acid groups (broad SMARTS) is 1. The van der Waals surface area contributed by atoms with Gasteiger partial charge in [-0.2, -0.15) is 0 Å². The maximum Gasteiger partial charge on any atom is 0.330 e. The molecule has 2 aromatic carbocycles. The zero-order valence-electron chi connectivity index (χ0n) is 14.7. The van der Waals surface area contributed by atoms with Crippen LogP contribution in [0.2, 0.25) is 0 Å². The van der Waals surface area contributed by atoms with Gasteiger partial charge in [0.2, 0.25) is 0 Å². The molecule has 0 fully saturated rings. The van der Waals surface area contributed by atoms with Gasteiger partial charge in [0.1, 0.15) is 6.61 Å². The zero-order valence-corrected chi connectivity index (χ0v) is 14.7. The molecule has 6 heteroatoms. The van der Waals surface area contributed by atoms with Gasteiger partial charge in [0.15, 0.2) is 6.10 Å². The summed E-state index contributed by atoms with van der Waals surface area (Å²) in [5, 5.41) is 8.60. The van der Waals surface area contributed by atoms with E-state index in [9.17, 15) is 14.4 Å². The van der Waals surface area contributed by atoms with E-state index < -0.39 is 24.0 Å². The van der Waals surface area contributed by atoms with Crippen molar-refractivity contribution < 1.29 is 29.0 Å². The van der Waals surface area contributed by atoms with Crippen LogP contribution in [0, 0.1) is 0 Å². The fourth-order valence-electron chi connectivity index (χ4n) is 2.36. The highest BCUT2D eigenvalue weighted by Gasteiger charge is 2.18. The van der Waals surface area contributed by atoms with Crippen LogP contribution >= 0.6 is 0 Å². The lowest BCUT2D eigenvalue weighted by Crippen LogP contribution is -2.18. The lowest BCUT2D eigenvalue weighted by molar-refractivity contribution is -0.157. The van der Waals surface area contributed by atoms with Crippen molar-refractivity contribution in [3.05, 3.63) is 72.8 Å². The van der Waals surface area contributed by atoms with Crippen molar-refractivity contribution in [1.29, 1.82) is 0 Å². The van der Waals surface area contributed by atoms with E-state index in [0.717, 1.165) is 17.2 Å². The SMILES string of the molecule is C=CC(=O)OC(COC(=O)CCC(=O)O)c1ccc(-c2ccccc2)cc1. The normalized spacial score (nSPS) is 11.3. The summed E-state index contributed by atoms with van der Waals surface area (Å²) in [5.74, 6) is -2.40. The number of esters is 2. The number of aliphatic carboxylic acids is 1. The summed E-state index contributed by atoms with van der Waals surface area (Å²) in [6, 6.07) is 17.1. The second-order valence-electron chi connectivity index (χ2n) is 5.69. The molecular weight excluding hydrogens is 348 g/mol. The minimum absolute atomic E-state index is 0.206. The smallest absolute Gasteiger partial charge is 0.330 e. The molecule has 0 heterocycles. The van der Waals surface area contributed by atoms with Gasteiger partial charge >= 0.3 is 17.9 Å². The first-order chi connectivity index (χ1) is 13.0. The van der Waals surface area contributed by atoms with Gasteiger partial charge in [-0.25, -0.2) is 4.79 Å². The molecule has 0 amide bonds. The highest BCUT2D eigenvalue weighted by atomic mass is 16.6. The molecule has 0 spiro atoms. The molecular formula is C21H20O6. The predicted octanol–water partition coefficient (Wildman–Crippen LogP) is 3.53. The zero-order chi connectivity index (χ0) is 19.6. The van der Waals surface area contributed by atoms with Gasteiger partial charge in [0.05, 0.1) is 12.8 Å². The Morgan fingerprint density at radius 2 is 1.59 bits per heavy atom. The first kappa shape index (κ1) is 19.9. The van der Waals surface area contributed by atoms with Gasteiger partial charge in [-0.15, -0.1) is 0 Å². The van der Waals surface area contributed by atoms with E-state index >= 15 is 0 Å². The van der Waals surface area contributed by atoms with Crippen LogP contribution in [-0.4, -0.2) is 29.6 Å². The third kappa shape index (κ3) is 6.43. The molecule has 2 aromatic rings. The Hall–Kier alpha value is -3.41. The summed E-state index contributed by atoms with van der Waals surface area (Å²) in [6.45, 7) is 3.15. The maximum atomic E-state index is 11.6. The van der Waals surface area contributed by atoms with Crippen LogP contribution in [0.1, 0.15) is 24.5 Å². The molecule has 140 valence electrons. The summed E-state index contributed by atoms with van der Waals surface area (Å²) in [6.07, 6.45) is -0.349. The molecule has 27 heavy (non-hydrogen) atoms. The molecule has 1 atom stereocenters. The molecule has 0 aliphatic carbocycles. The van der Waals surface area contributed by atoms with E-state index in [2.05, 4.69) is 6.58 Å². The van der Waals surface area contributed by atoms with Crippen molar-refractivity contribution in [2.24, 2.45) is 0 Å². The Morgan fingerprint density at radius 1 is 0.963 bits per heavy atom. The molecule has 1 unspecified atom stereocenters. The van der Waals surface area contributed by atoms with Crippen molar-refractivity contribution in [2.45, 2.75) is 18.9 Å². The number of carbonyl (C=O) groups excluding carboxylic acids is 2. The number of benzene rings is 2. The molecule has 0 saturated carbocycles. The monoisotopic (exact) mass is 368 g/mol. The highest BCUT2D eigenvalue weighted by molar-refractivity contribution is 5.81. The molecule has 0 aliphatic heterocycles. The van der Waals surface area contributed by atoms with E-state index in [4.69, 9.17) is 14.6 Å². The van der Waals surface area contributed by atoms with Crippen LogP contribution in [0.4, 0.5) is 0 Å². The van der Waals surface area contributed by atoms with Gasteiger partial charge in [0, 0.05) is 6.08 Å². The van der Waals surface area contributed by atoms with E-state index in [0.29, 0.717) is 5.56 Å².